The quantitative estimate of drug-likeness (QED) is 0.0404. The van der Waals surface area contributed by atoms with Gasteiger partial charge in [0, 0.05) is 18.2 Å². The van der Waals surface area contributed by atoms with Gasteiger partial charge in [0.1, 0.15) is 64.2 Å². The number of thiol groups is 1. The van der Waals surface area contributed by atoms with Gasteiger partial charge in [-0.2, -0.15) is 0 Å². The van der Waals surface area contributed by atoms with Crippen LogP contribution in [0.5, 0.6) is 5.75 Å². The van der Waals surface area contributed by atoms with Gasteiger partial charge in [-0.15, -0.1) is 21.9 Å². The molecule has 0 aliphatic heterocycles. The first-order valence-electron chi connectivity index (χ1n) is 16.7. The molecule has 0 radical (unpaired) electrons. The fourth-order valence-corrected chi connectivity index (χ4v) is 7.60. The van der Waals surface area contributed by atoms with Crippen molar-refractivity contribution in [2.24, 2.45) is 0 Å². The Morgan fingerprint density at radius 3 is 0.903 bits per heavy atom. The van der Waals surface area contributed by atoms with Gasteiger partial charge in [0.05, 0.1) is 0 Å². The maximum absolute atomic E-state index is 15.4. The summed E-state index contributed by atoms with van der Waals surface area (Å²) in [5, 5.41) is 9.19. The number of aryl methyl sites for hydroxylation is 2. The molecule has 0 saturated carbocycles. The van der Waals surface area contributed by atoms with Gasteiger partial charge in [0.25, 0.3) is 0 Å². The third-order valence-corrected chi connectivity index (χ3v) is 10.6. The van der Waals surface area contributed by atoms with Crippen LogP contribution in [0, 0.1) is 123 Å². The van der Waals surface area contributed by atoms with E-state index < -0.39 is 144 Å². The van der Waals surface area contributed by atoms with Crippen molar-refractivity contribution < 1.29 is 92.9 Å². The maximum Gasteiger partial charge on any atom is 0.200 e. The van der Waals surface area contributed by atoms with Gasteiger partial charge in [0.15, 0.2) is 74.7 Å². The number of aromatic hydroxyl groups is 1. The molecule has 1 nitrogen and oxygen atoms in total. The van der Waals surface area contributed by atoms with Crippen LogP contribution in [-0.2, 0) is 18.2 Å². The first-order valence-corrected chi connectivity index (χ1v) is 17.8. The summed E-state index contributed by atoms with van der Waals surface area (Å²) in [7, 11) is 0. The molecule has 0 fully saturated rings. The molecule has 0 aliphatic rings. The van der Waals surface area contributed by atoms with Crippen molar-refractivity contribution in [2.75, 3.05) is 5.75 Å². The van der Waals surface area contributed by atoms with Gasteiger partial charge in [-0.1, -0.05) is 24.3 Å². The van der Waals surface area contributed by atoms with E-state index >= 15 is 35.1 Å². The van der Waals surface area contributed by atoms with Crippen molar-refractivity contribution in [3.63, 3.8) is 0 Å². The summed E-state index contributed by atoms with van der Waals surface area (Å²) in [6.45, 7) is 2.16. The summed E-state index contributed by atoms with van der Waals surface area (Å²) in [6, 6.07) is 16.0. The summed E-state index contributed by atoms with van der Waals surface area (Å²) in [5.74, 6) is -69.9. The Kier molecular flexibility index (Phi) is 13.6. The smallest absolute Gasteiger partial charge is 0.200 e. The number of benzene rings is 6. The Labute approximate surface area is 338 Å². The summed E-state index contributed by atoms with van der Waals surface area (Å²) in [5.41, 5.74) is -11.5. The van der Waals surface area contributed by atoms with E-state index in [1.54, 1.807) is 12.1 Å². The molecule has 6 rings (SSSR count). The van der Waals surface area contributed by atoms with E-state index in [0.29, 0.717) is 5.75 Å². The average Bonchev–Trinajstić information content (AvgIpc) is 3.25. The molecule has 0 aliphatic carbocycles. The van der Waals surface area contributed by atoms with Crippen LogP contribution in [0.15, 0.2) is 53.4 Å². The van der Waals surface area contributed by atoms with Gasteiger partial charge in [0.2, 0.25) is 0 Å². The average molecular weight is 924 g/mol. The highest BCUT2D eigenvalue weighted by Crippen LogP contribution is 2.31. The lowest BCUT2D eigenvalue weighted by Crippen LogP contribution is -2.81. The highest BCUT2D eigenvalue weighted by Gasteiger charge is 2.52. The predicted octanol–water partition coefficient (Wildman–Crippen LogP) is 8.96. The van der Waals surface area contributed by atoms with Crippen molar-refractivity contribution in [2.45, 2.75) is 18.2 Å². The molecule has 0 spiro atoms. The molecule has 1 N–H and O–H groups in total. The summed E-state index contributed by atoms with van der Waals surface area (Å²) in [4.78, 5) is 1.26. The van der Waals surface area contributed by atoms with Crippen LogP contribution in [0.1, 0.15) is 11.1 Å². The normalized spacial score (nSPS) is 11.6. The first kappa shape index (κ1) is 47.2. The van der Waals surface area contributed by atoms with Gasteiger partial charge in [-0.3, -0.25) is 0 Å². The summed E-state index contributed by atoms with van der Waals surface area (Å²) < 4.78 is 294. The van der Waals surface area contributed by atoms with Crippen molar-refractivity contribution in [3.8, 4) is 5.75 Å². The van der Waals surface area contributed by atoms with Gasteiger partial charge >= 0.3 is 0 Å². The van der Waals surface area contributed by atoms with E-state index in [4.69, 9.17) is 0 Å². The molecule has 0 saturated heterocycles. The molecule has 0 aromatic heterocycles. The van der Waals surface area contributed by atoms with Crippen molar-refractivity contribution in [3.05, 3.63) is 176 Å². The summed E-state index contributed by atoms with van der Waals surface area (Å²) in [6.07, 6.45) is -6.11. The third kappa shape index (κ3) is 7.67. The van der Waals surface area contributed by atoms with Gasteiger partial charge < -0.3 is 5.11 Å². The molecular formula is C39H17BF20OS. The van der Waals surface area contributed by atoms with Crippen LogP contribution in [0.4, 0.5) is 87.8 Å². The maximum atomic E-state index is 15.4. The highest BCUT2D eigenvalue weighted by atomic mass is 32.2. The zero-order chi connectivity index (χ0) is 46.4. The number of halogens is 20. The van der Waals surface area contributed by atoms with Crippen LogP contribution in [0.25, 0.3) is 0 Å². The molecule has 62 heavy (non-hydrogen) atoms. The van der Waals surface area contributed by atoms with Crippen LogP contribution >= 0.6 is 0 Å². The molecule has 6 aromatic carbocycles. The standard InChI is InChI=1S/C24BF20.C15H16OS/c26-5-1(6(27)14(35)21(42)13(5)34)25(2-7(28)15(36)22(43)16(37)8(2)29,3-9(30)17(38)23(44)18(39)10(3)31)4-11(32)19(40)24(45)20(41)12(4)33;1-12-4-2-3-5-13(12)10-11-17-15-8-6-14(16)7-9-15/h;2-9,16H,10-11H2,1H3/q-1;/p+1. The van der Waals surface area contributed by atoms with Crippen LogP contribution in [0.2, 0.25) is 0 Å². The minimum absolute atomic E-state index is 0.336. The largest absolute Gasteiger partial charge is 0.508 e. The van der Waals surface area contributed by atoms with Crippen LogP contribution in [-0.4, -0.2) is 17.0 Å². The second kappa shape index (κ2) is 17.9. The Hall–Kier alpha value is -5.87. The number of phenols is 1. The number of hydrogen-bond donors (Lipinski definition) is 1. The van der Waals surface area contributed by atoms with Crippen molar-refractivity contribution in [1.82, 2.24) is 0 Å². The van der Waals surface area contributed by atoms with E-state index in [1.807, 2.05) is 12.1 Å². The van der Waals surface area contributed by atoms with Gasteiger partial charge in [-0.05, 0) is 42.3 Å². The predicted molar refractivity (Wildman–Crippen MR) is 184 cm³/mol. The number of rotatable bonds is 8. The molecule has 0 heterocycles. The lowest BCUT2D eigenvalue weighted by Gasteiger charge is -2.44. The van der Waals surface area contributed by atoms with E-state index in [-0.39, 0.29) is 0 Å². The van der Waals surface area contributed by atoms with E-state index in [0.717, 1.165) is 12.2 Å². The molecule has 0 bridgehead atoms. The lowest BCUT2D eigenvalue weighted by molar-refractivity contribution is 0.378. The monoisotopic (exact) mass is 924 g/mol. The molecule has 0 unspecified atom stereocenters. The Bertz CT molecular complexity index is 2360. The Morgan fingerprint density at radius 2 is 0.629 bits per heavy atom. The molecule has 0 amide bonds. The second-order valence-corrected chi connectivity index (χ2v) is 14.2. The zero-order valence-electron chi connectivity index (χ0n) is 30.1. The third-order valence-electron chi connectivity index (χ3n) is 9.49. The zero-order valence-corrected chi connectivity index (χ0v) is 31.0. The Morgan fingerprint density at radius 1 is 0.371 bits per heavy atom. The lowest BCUT2D eigenvalue weighted by atomic mass is 9.12. The molecule has 23 heteroatoms. The molecule has 6 aromatic rings. The van der Waals surface area contributed by atoms with E-state index in [9.17, 15) is 57.8 Å². The summed E-state index contributed by atoms with van der Waals surface area (Å²) >= 11 is 1.32. The SMILES string of the molecule is Cc1ccccc1CC[SH+]c1ccc(O)cc1.Fc1c(F)c(F)c([B-](c2c(F)c(F)c(F)c(F)c2F)(c2c(F)c(F)c(F)c(F)c2F)c2c(F)c(F)c(F)c(F)c2F)c(F)c1F. The topological polar surface area (TPSA) is 20.2 Å². The first-order chi connectivity index (χ1) is 29.0. The van der Waals surface area contributed by atoms with E-state index in [2.05, 4.69) is 31.2 Å². The van der Waals surface area contributed by atoms with Gasteiger partial charge in [-0.25, -0.2) is 87.8 Å². The van der Waals surface area contributed by atoms with E-state index in [1.165, 1.54) is 27.8 Å². The second-order valence-electron chi connectivity index (χ2n) is 12.9. The van der Waals surface area contributed by atoms with Crippen molar-refractivity contribution in [1.29, 1.82) is 0 Å². The molecule has 328 valence electrons. The minimum atomic E-state index is -7.22. The highest BCUT2D eigenvalue weighted by molar-refractivity contribution is 7.78. The fraction of sp³-hybridized carbons (Fsp3) is 0.0769. The van der Waals surface area contributed by atoms with Crippen molar-refractivity contribution >= 4 is 39.8 Å². The minimum Gasteiger partial charge on any atom is -0.508 e. The molecular weight excluding hydrogens is 907 g/mol. The number of hydrogen-bond acceptors (Lipinski definition) is 1. The molecule has 0 atom stereocenters. The Balaban J connectivity index is 0.000000355. The van der Waals surface area contributed by atoms with Crippen LogP contribution < -0.4 is 21.9 Å². The van der Waals surface area contributed by atoms with Crippen LogP contribution in [0.3, 0.4) is 0 Å². The number of phenolic OH excluding ortho intramolecular Hbond substituents is 1. The fourth-order valence-electron chi connectivity index (χ4n) is 6.63.